The van der Waals surface area contributed by atoms with Crippen LogP contribution in [0.25, 0.3) is 6.08 Å². The quantitative estimate of drug-likeness (QED) is 0.938. The molecule has 0 saturated carbocycles. The molecule has 24 heavy (non-hydrogen) atoms. The molecule has 1 aromatic carbocycles. The highest BCUT2D eigenvalue weighted by atomic mass is 19.1. The lowest BCUT2D eigenvalue weighted by Crippen LogP contribution is -2.51. The first-order chi connectivity index (χ1) is 11.7. The molecule has 1 saturated heterocycles. The Kier molecular flexibility index (Phi) is 5.00. The van der Waals surface area contributed by atoms with Crippen LogP contribution < -0.4 is 10.2 Å². The number of anilines is 1. The number of hydrogen-bond donors (Lipinski definition) is 1. The summed E-state index contributed by atoms with van der Waals surface area (Å²) in [6.07, 6.45) is 6.42. The third-order valence-corrected chi connectivity index (χ3v) is 3.78. The van der Waals surface area contributed by atoms with Crippen LogP contribution in [0.15, 0.2) is 48.9 Å². The number of rotatable bonds is 3. The lowest BCUT2D eigenvalue weighted by atomic mass is 10.2. The first-order valence-electron chi connectivity index (χ1n) is 7.72. The molecule has 0 unspecified atom stereocenters. The summed E-state index contributed by atoms with van der Waals surface area (Å²) in [5, 5.41) is 2.67. The minimum Gasteiger partial charge on any atom is -0.337 e. The van der Waals surface area contributed by atoms with Gasteiger partial charge in [-0.25, -0.2) is 19.2 Å². The number of nitrogens with zero attached hydrogens (tertiary/aromatic N) is 4. The molecular weight excluding hydrogens is 309 g/mol. The van der Waals surface area contributed by atoms with Gasteiger partial charge in [0.2, 0.25) is 5.95 Å². The number of carbonyl (C=O) groups is 1. The van der Waals surface area contributed by atoms with E-state index in [1.165, 1.54) is 12.3 Å². The smallest absolute Gasteiger partial charge is 0.321 e. The van der Waals surface area contributed by atoms with E-state index in [2.05, 4.69) is 15.3 Å². The van der Waals surface area contributed by atoms with E-state index in [-0.39, 0.29) is 11.8 Å². The van der Waals surface area contributed by atoms with Gasteiger partial charge >= 0.3 is 6.03 Å². The standard InChI is InChI=1S/C17H18FN5O/c18-15-5-2-1-4-14(15)6-9-21-17(24)23-12-10-22(11-13-23)16-19-7-3-8-20-16/h1-9H,10-13H2,(H,21,24)/b9-6+. The summed E-state index contributed by atoms with van der Waals surface area (Å²) >= 11 is 0. The zero-order valence-corrected chi connectivity index (χ0v) is 13.1. The molecule has 6 nitrogen and oxygen atoms in total. The van der Waals surface area contributed by atoms with Crippen molar-refractivity contribution in [1.82, 2.24) is 20.2 Å². The fourth-order valence-corrected chi connectivity index (χ4v) is 2.47. The molecule has 2 aromatic rings. The monoisotopic (exact) mass is 327 g/mol. The van der Waals surface area contributed by atoms with E-state index in [1.807, 2.05) is 4.90 Å². The Bertz CT molecular complexity index is 714. The predicted octanol–water partition coefficient (Wildman–Crippen LogP) is 2.12. The second-order valence-corrected chi connectivity index (χ2v) is 5.33. The maximum atomic E-state index is 13.5. The first-order valence-corrected chi connectivity index (χ1v) is 7.72. The van der Waals surface area contributed by atoms with Gasteiger partial charge in [0, 0.05) is 50.3 Å². The van der Waals surface area contributed by atoms with Gasteiger partial charge in [0.25, 0.3) is 0 Å². The summed E-state index contributed by atoms with van der Waals surface area (Å²) in [7, 11) is 0. The Morgan fingerprint density at radius 3 is 2.50 bits per heavy atom. The average Bonchev–Trinajstić information content (AvgIpc) is 2.64. The minimum absolute atomic E-state index is 0.198. The summed E-state index contributed by atoms with van der Waals surface area (Å²) in [5.41, 5.74) is 0.434. The topological polar surface area (TPSA) is 61.4 Å². The summed E-state index contributed by atoms with van der Waals surface area (Å²) in [5.74, 6) is 0.358. The highest BCUT2D eigenvalue weighted by Crippen LogP contribution is 2.10. The Hall–Kier alpha value is -2.96. The highest BCUT2D eigenvalue weighted by molar-refractivity contribution is 5.76. The number of aromatic nitrogens is 2. The highest BCUT2D eigenvalue weighted by Gasteiger charge is 2.21. The van der Waals surface area contributed by atoms with Crippen LogP contribution in [0.4, 0.5) is 15.1 Å². The Labute approximate surface area is 139 Å². The number of amides is 2. The summed E-state index contributed by atoms with van der Waals surface area (Å²) in [6.45, 7) is 2.51. The SMILES string of the molecule is O=C(N/C=C/c1ccccc1F)N1CCN(c2ncccn2)CC1. The van der Waals surface area contributed by atoms with E-state index in [4.69, 9.17) is 0 Å². The summed E-state index contributed by atoms with van der Waals surface area (Å²) in [4.78, 5) is 24.3. The maximum absolute atomic E-state index is 13.5. The lowest BCUT2D eigenvalue weighted by Gasteiger charge is -2.34. The van der Waals surface area contributed by atoms with Crippen LogP contribution in [0.3, 0.4) is 0 Å². The third-order valence-electron chi connectivity index (χ3n) is 3.78. The Morgan fingerprint density at radius 1 is 1.08 bits per heavy atom. The van der Waals surface area contributed by atoms with Gasteiger partial charge < -0.3 is 15.1 Å². The summed E-state index contributed by atoms with van der Waals surface area (Å²) in [6, 6.07) is 7.98. The number of hydrogen-bond acceptors (Lipinski definition) is 4. The molecule has 1 aromatic heterocycles. The van der Waals surface area contributed by atoms with Crippen LogP contribution >= 0.6 is 0 Å². The molecule has 1 N–H and O–H groups in total. The van der Waals surface area contributed by atoms with Gasteiger partial charge in [0.15, 0.2) is 0 Å². The fourth-order valence-electron chi connectivity index (χ4n) is 2.47. The third kappa shape index (κ3) is 3.87. The molecule has 2 amide bonds. The van der Waals surface area contributed by atoms with E-state index in [9.17, 15) is 9.18 Å². The van der Waals surface area contributed by atoms with Gasteiger partial charge in [-0.15, -0.1) is 0 Å². The summed E-state index contributed by atoms with van der Waals surface area (Å²) < 4.78 is 13.5. The van der Waals surface area contributed by atoms with Gasteiger partial charge in [0.1, 0.15) is 5.82 Å². The number of nitrogens with one attached hydrogen (secondary N) is 1. The van der Waals surface area contributed by atoms with Crippen molar-refractivity contribution in [3.63, 3.8) is 0 Å². The van der Waals surface area contributed by atoms with Gasteiger partial charge in [-0.1, -0.05) is 18.2 Å². The number of carbonyl (C=O) groups excluding carboxylic acids is 1. The van der Waals surface area contributed by atoms with Crippen LogP contribution in [0, 0.1) is 5.82 Å². The Morgan fingerprint density at radius 2 is 1.79 bits per heavy atom. The molecule has 1 aliphatic rings. The molecule has 0 spiro atoms. The second-order valence-electron chi connectivity index (χ2n) is 5.33. The molecule has 1 aliphatic heterocycles. The molecule has 2 heterocycles. The molecule has 0 bridgehead atoms. The van der Waals surface area contributed by atoms with E-state index in [0.717, 1.165) is 0 Å². The molecule has 3 rings (SSSR count). The van der Waals surface area contributed by atoms with Gasteiger partial charge in [-0.2, -0.15) is 0 Å². The van der Waals surface area contributed by atoms with E-state index in [0.29, 0.717) is 37.7 Å². The van der Waals surface area contributed by atoms with Crippen LogP contribution in [0.1, 0.15) is 5.56 Å². The van der Waals surface area contributed by atoms with Crippen molar-refractivity contribution in [2.75, 3.05) is 31.1 Å². The fraction of sp³-hybridized carbons (Fsp3) is 0.235. The van der Waals surface area contributed by atoms with E-state index < -0.39 is 0 Å². The second kappa shape index (κ2) is 7.54. The van der Waals surface area contributed by atoms with Crippen LogP contribution in [0.5, 0.6) is 0 Å². The van der Waals surface area contributed by atoms with Crippen molar-refractivity contribution >= 4 is 18.1 Å². The van der Waals surface area contributed by atoms with Crippen molar-refractivity contribution in [1.29, 1.82) is 0 Å². The minimum atomic E-state index is -0.320. The van der Waals surface area contributed by atoms with Crippen LogP contribution in [-0.4, -0.2) is 47.1 Å². The van der Waals surface area contributed by atoms with Crippen LogP contribution in [-0.2, 0) is 0 Å². The Balaban J connectivity index is 1.50. The van der Waals surface area contributed by atoms with Crippen molar-refractivity contribution in [3.05, 3.63) is 60.3 Å². The van der Waals surface area contributed by atoms with Gasteiger partial charge in [-0.3, -0.25) is 0 Å². The molecule has 0 atom stereocenters. The first kappa shape index (κ1) is 15.9. The number of benzene rings is 1. The van der Waals surface area contributed by atoms with E-state index >= 15 is 0 Å². The number of urea groups is 1. The molecule has 0 aliphatic carbocycles. The van der Waals surface area contributed by atoms with Crippen molar-refractivity contribution in [2.45, 2.75) is 0 Å². The van der Waals surface area contributed by atoms with Crippen molar-refractivity contribution in [2.24, 2.45) is 0 Å². The molecule has 0 radical (unpaired) electrons. The molecule has 1 fully saturated rings. The lowest BCUT2D eigenvalue weighted by molar-refractivity contribution is 0.198. The van der Waals surface area contributed by atoms with E-state index in [1.54, 1.807) is 47.6 Å². The molecular formula is C17H18FN5O. The molecule has 7 heteroatoms. The zero-order valence-electron chi connectivity index (χ0n) is 13.1. The van der Waals surface area contributed by atoms with Crippen molar-refractivity contribution < 1.29 is 9.18 Å². The zero-order chi connectivity index (χ0) is 16.8. The number of piperazine rings is 1. The van der Waals surface area contributed by atoms with Gasteiger partial charge in [-0.05, 0) is 18.2 Å². The molecule has 124 valence electrons. The maximum Gasteiger partial charge on any atom is 0.321 e. The average molecular weight is 327 g/mol. The van der Waals surface area contributed by atoms with Crippen LogP contribution in [0.2, 0.25) is 0 Å². The van der Waals surface area contributed by atoms with Crippen molar-refractivity contribution in [3.8, 4) is 0 Å². The largest absolute Gasteiger partial charge is 0.337 e. The van der Waals surface area contributed by atoms with Gasteiger partial charge in [0.05, 0.1) is 0 Å². The number of halogens is 1. The predicted molar refractivity (Wildman–Crippen MR) is 89.8 cm³/mol. The normalized spacial score (nSPS) is 14.9.